The number of aromatic hydroxyl groups is 3. The molecule has 21 heteroatoms. The SMILES string of the molecule is COc1cccc(NC(=O)Nc2cc(F)cc(F)c2O)c1.Cc1ccccc1NC(=O)Nc1cc(F)cc(F)c1O.O=C(Nc1ccc2c(c1)OCO2)Nc1cc(F)cc(F)c1O. The minimum atomic E-state index is -1.17. The molecule has 0 atom stereocenters. The molecule has 1 aliphatic heterocycles. The van der Waals surface area contributed by atoms with Gasteiger partial charge in [-0.15, -0.1) is 0 Å². The highest BCUT2D eigenvalue weighted by Gasteiger charge is 2.17. The van der Waals surface area contributed by atoms with Gasteiger partial charge in [-0.3, -0.25) is 0 Å². The average molecular weight is 881 g/mol. The molecule has 0 unspecified atom stereocenters. The number of fused-ring (bicyclic) bond motifs is 1. The molecule has 1 aliphatic rings. The molecule has 0 bridgehead atoms. The van der Waals surface area contributed by atoms with Crippen LogP contribution in [0, 0.1) is 41.8 Å². The molecule has 7 rings (SSSR count). The van der Waals surface area contributed by atoms with Crippen LogP contribution in [0.2, 0.25) is 0 Å². The molecule has 0 spiro atoms. The largest absolute Gasteiger partial charge is 0.503 e. The number of ether oxygens (including phenoxy) is 3. The van der Waals surface area contributed by atoms with Crippen LogP contribution < -0.4 is 46.1 Å². The van der Waals surface area contributed by atoms with Crippen LogP contribution in [0.4, 0.5) is 74.9 Å². The summed E-state index contributed by atoms with van der Waals surface area (Å²) in [5.74, 6) is -7.14. The van der Waals surface area contributed by atoms with E-state index in [1.807, 2.05) is 6.07 Å². The van der Waals surface area contributed by atoms with Crippen molar-refractivity contribution in [1.82, 2.24) is 0 Å². The number of halogens is 6. The number of aryl methyl sites for hydroxylation is 1. The van der Waals surface area contributed by atoms with Gasteiger partial charge in [-0.2, -0.15) is 0 Å². The molecule has 0 saturated heterocycles. The lowest BCUT2D eigenvalue weighted by atomic mass is 10.2. The number of hydrogen-bond donors (Lipinski definition) is 9. The fourth-order valence-corrected chi connectivity index (χ4v) is 5.22. The van der Waals surface area contributed by atoms with Crippen LogP contribution in [0.5, 0.6) is 34.5 Å². The Hall–Kier alpha value is -8.49. The summed E-state index contributed by atoms with van der Waals surface area (Å²) in [4.78, 5) is 35.3. The van der Waals surface area contributed by atoms with Gasteiger partial charge in [0.15, 0.2) is 46.2 Å². The maximum absolute atomic E-state index is 13.2. The van der Waals surface area contributed by atoms with Crippen LogP contribution in [0.1, 0.15) is 5.56 Å². The fraction of sp³-hybridized carbons (Fsp3) is 0.0714. The molecule has 0 aliphatic carbocycles. The molecule has 6 aromatic carbocycles. The van der Waals surface area contributed by atoms with Crippen molar-refractivity contribution in [2.75, 3.05) is 45.8 Å². The Morgan fingerprint density at radius 3 is 1.44 bits per heavy atom. The summed E-state index contributed by atoms with van der Waals surface area (Å²) >= 11 is 0. The first kappa shape index (κ1) is 45.6. The summed E-state index contributed by atoms with van der Waals surface area (Å²) in [6.45, 7) is 1.90. The average Bonchev–Trinajstić information content (AvgIpc) is 3.70. The zero-order valence-electron chi connectivity index (χ0n) is 32.6. The van der Waals surface area contributed by atoms with Crippen molar-refractivity contribution >= 4 is 52.2 Å². The van der Waals surface area contributed by atoms with E-state index in [0.29, 0.717) is 52.5 Å². The minimum absolute atomic E-state index is 0.0986. The standard InChI is InChI=1S/C14H10F2N2O4.C14H12F2N2O3.C14H12F2N2O2/c15-7-3-9(16)13(19)10(4-7)18-14(20)17-8-1-2-11-12(5-8)22-6-21-11;1-21-10-4-2-3-9(7-10)17-14(20)18-12-6-8(15)5-11(16)13(12)19;1-8-4-2-3-5-11(8)17-14(20)18-12-7-9(15)6-10(16)13(12)19/h1-5,19H,6H2,(H2,17,18,20);2-7,19H,1H3,(H2,17,18,20);2-7,19H,1H3,(H2,17,18,20). The van der Waals surface area contributed by atoms with Crippen molar-refractivity contribution in [1.29, 1.82) is 0 Å². The Morgan fingerprint density at radius 1 is 0.508 bits per heavy atom. The molecule has 6 amide bonds. The summed E-state index contributed by atoms with van der Waals surface area (Å²) in [5.41, 5.74) is 1.11. The maximum Gasteiger partial charge on any atom is 0.323 e. The molecule has 6 aromatic rings. The van der Waals surface area contributed by atoms with Crippen molar-refractivity contribution in [3.05, 3.63) is 144 Å². The second kappa shape index (κ2) is 20.7. The van der Waals surface area contributed by atoms with Crippen LogP contribution in [0.3, 0.4) is 0 Å². The molecule has 63 heavy (non-hydrogen) atoms. The third-order valence-corrected chi connectivity index (χ3v) is 8.18. The highest BCUT2D eigenvalue weighted by atomic mass is 19.2. The van der Waals surface area contributed by atoms with Gasteiger partial charge >= 0.3 is 18.1 Å². The normalized spacial score (nSPS) is 10.8. The van der Waals surface area contributed by atoms with Crippen molar-refractivity contribution < 1.29 is 70.3 Å². The van der Waals surface area contributed by atoms with Gasteiger partial charge in [0.05, 0.1) is 24.2 Å². The first-order valence-corrected chi connectivity index (χ1v) is 17.9. The Bertz CT molecular complexity index is 2660. The van der Waals surface area contributed by atoms with E-state index in [2.05, 4.69) is 31.9 Å². The van der Waals surface area contributed by atoms with E-state index in [9.17, 15) is 56.0 Å². The number of benzene rings is 6. The van der Waals surface area contributed by atoms with Crippen LogP contribution in [0.15, 0.2) is 103 Å². The second-order valence-electron chi connectivity index (χ2n) is 12.7. The van der Waals surface area contributed by atoms with Gasteiger partial charge in [0.2, 0.25) is 6.79 Å². The van der Waals surface area contributed by atoms with Gasteiger partial charge in [0.25, 0.3) is 0 Å². The van der Waals surface area contributed by atoms with Crippen molar-refractivity contribution in [2.45, 2.75) is 6.92 Å². The number of amides is 6. The lowest BCUT2D eigenvalue weighted by Gasteiger charge is -2.11. The summed E-state index contributed by atoms with van der Waals surface area (Å²) < 4.78 is 93.9. The van der Waals surface area contributed by atoms with E-state index in [-0.39, 0.29) is 23.9 Å². The zero-order valence-corrected chi connectivity index (χ0v) is 32.6. The number of carbonyl (C=O) groups is 3. The summed E-state index contributed by atoms with van der Waals surface area (Å²) in [5, 5.41) is 42.2. The van der Waals surface area contributed by atoms with Crippen LogP contribution in [-0.4, -0.2) is 47.3 Å². The lowest BCUT2D eigenvalue weighted by Crippen LogP contribution is -2.20. The number of methoxy groups -OCH3 is 1. The number of rotatable bonds is 7. The van der Waals surface area contributed by atoms with E-state index in [1.54, 1.807) is 61.5 Å². The summed E-state index contributed by atoms with van der Waals surface area (Å²) in [6.07, 6.45) is 0. The Kier molecular flexibility index (Phi) is 15.0. The highest BCUT2D eigenvalue weighted by molar-refractivity contribution is 6.02. The molecule has 0 aromatic heterocycles. The van der Waals surface area contributed by atoms with Crippen LogP contribution in [-0.2, 0) is 0 Å². The molecule has 15 nitrogen and oxygen atoms in total. The summed E-state index contributed by atoms with van der Waals surface area (Å²) in [7, 11) is 1.48. The van der Waals surface area contributed by atoms with Gasteiger partial charge in [0.1, 0.15) is 23.2 Å². The third-order valence-electron chi connectivity index (χ3n) is 8.18. The number of phenols is 3. The number of para-hydroxylation sites is 1. The number of carbonyl (C=O) groups excluding carboxylic acids is 3. The van der Waals surface area contributed by atoms with E-state index in [0.717, 1.165) is 23.8 Å². The van der Waals surface area contributed by atoms with Crippen LogP contribution in [0.25, 0.3) is 0 Å². The highest BCUT2D eigenvalue weighted by Crippen LogP contribution is 2.35. The molecule has 9 N–H and O–H groups in total. The first-order chi connectivity index (χ1) is 30.0. The van der Waals surface area contributed by atoms with E-state index >= 15 is 0 Å². The molecular formula is C42H34F6N6O9. The number of hydrogen-bond acceptors (Lipinski definition) is 9. The quantitative estimate of drug-likeness (QED) is 0.0551. The van der Waals surface area contributed by atoms with Gasteiger partial charge in [0, 0.05) is 65.6 Å². The topological polar surface area (TPSA) is 212 Å². The zero-order chi connectivity index (χ0) is 45.8. The van der Waals surface area contributed by atoms with E-state index < -0.39 is 70.2 Å². The fourth-order valence-electron chi connectivity index (χ4n) is 5.22. The molecule has 0 radical (unpaired) electrons. The maximum atomic E-state index is 13.2. The predicted octanol–water partition coefficient (Wildman–Crippen LogP) is 9.99. The van der Waals surface area contributed by atoms with Crippen LogP contribution >= 0.6 is 0 Å². The molecule has 1 heterocycles. The van der Waals surface area contributed by atoms with Gasteiger partial charge < -0.3 is 61.4 Å². The van der Waals surface area contributed by atoms with Crippen molar-refractivity contribution in [3.8, 4) is 34.5 Å². The van der Waals surface area contributed by atoms with Crippen molar-refractivity contribution in [3.63, 3.8) is 0 Å². The van der Waals surface area contributed by atoms with Crippen molar-refractivity contribution in [2.24, 2.45) is 0 Å². The monoisotopic (exact) mass is 880 g/mol. The summed E-state index contributed by atoms with van der Waals surface area (Å²) in [6, 6.07) is 20.0. The van der Waals surface area contributed by atoms with Gasteiger partial charge in [-0.25, -0.2) is 40.7 Å². The number of urea groups is 3. The second-order valence-corrected chi connectivity index (χ2v) is 12.7. The predicted molar refractivity (Wildman–Crippen MR) is 219 cm³/mol. The smallest absolute Gasteiger partial charge is 0.323 e. The Balaban J connectivity index is 0.000000178. The number of anilines is 6. The van der Waals surface area contributed by atoms with Gasteiger partial charge in [-0.05, 0) is 42.8 Å². The lowest BCUT2D eigenvalue weighted by molar-refractivity contribution is 0.174. The Morgan fingerprint density at radius 2 is 0.952 bits per heavy atom. The third kappa shape index (κ3) is 12.8. The Labute approximate surface area is 352 Å². The molecule has 0 fully saturated rings. The van der Waals surface area contributed by atoms with E-state index in [1.165, 1.54) is 13.2 Å². The minimum Gasteiger partial charge on any atom is -0.503 e. The molecule has 0 saturated carbocycles. The first-order valence-electron chi connectivity index (χ1n) is 17.9. The number of nitrogens with one attached hydrogen (secondary N) is 6. The molecule has 328 valence electrons. The number of phenolic OH excluding ortho intramolecular Hbond substituents is 3. The van der Waals surface area contributed by atoms with Gasteiger partial charge in [-0.1, -0.05) is 24.3 Å². The molecular weight excluding hydrogens is 846 g/mol. The van der Waals surface area contributed by atoms with E-state index in [4.69, 9.17) is 14.2 Å².